The van der Waals surface area contributed by atoms with Gasteiger partial charge < -0.3 is 4.90 Å². The number of fused-ring (bicyclic) bond motifs is 1. The summed E-state index contributed by atoms with van der Waals surface area (Å²) in [5.41, 5.74) is 4.46. The first-order valence-corrected chi connectivity index (χ1v) is 9.23. The van der Waals surface area contributed by atoms with E-state index in [2.05, 4.69) is 15.1 Å². The van der Waals surface area contributed by atoms with Crippen molar-refractivity contribution in [1.29, 1.82) is 0 Å². The molecule has 8 heteroatoms. The van der Waals surface area contributed by atoms with Gasteiger partial charge in [-0.3, -0.25) is 14.7 Å². The Morgan fingerprint density at radius 2 is 2.16 bits per heavy atom. The average Bonchev–Trinajstić information content (AvgIpc) is 3.20. The first-order chi connectivity index (χ1) is 12.0. The topological polar surface area (TPSA) is 83.4 Å². The minimum absolute atomic E-state index is 0.0137. The number of carbonyl (C=O) groups excluding carboxylic acids is 1. The van der Waals surface area contributed by atoms with Crippen molar-refractivity contribution < 1.29 is 4.79 Å². The second-order valence-corrected chi connectivity index (χ2v) is 7.27. The van der Waals surface area contributed by atoms with E-state index in [1.54, 1.807) is 12.4 Å². The SMILES string of the molecule is Cc1cc(=O)n2[nH]c([C@@H]3CCCCN3C(=O)c3scnc3C)cc2n1. The molecule has 1 N–H and O–H groups in total. The smallest absolute Gasteiger partial charge is 0.272 e. The van der Waals surface area contributed by atoms with E-state index >= 15 is 0 Å². The van der Waals surface area contributed by atoms with Crippen LogP contribution >= 0.6 is 11.3 Å². The molecule has 3 aromatic heterocycles. The number of nitrogens with zero attached hydrogens (tertiary/aromatic N) is 4. The molecule has 130 valence electrons. The fourth-order valence-corrected chi connectivity index (χ4v) is 4.19. The van der Waals surface area contributed by atoms with Gasteiger partial charge in [0.05, 0.1) is 22.9 Å². The maximum atomic E-state index is 13.0. The Labute approximate surface area is 148 Å². The third-order valence-electron chi connectivity index (χ3n) is 4.66. The van der Waals surface area contributed by atoms with E-state index in [0.717, 1.165) is 30.7 Å². The van der Waals surface area contributed by atoms with E-state index in [1.807, 2.05) is 17.9 Å². The predicted octanol–water partition coefficient (Wildman–Crippen LogP) is 2.46. The summed E-state index contributed by atoms with van der Waals surface area (Å²) in [6.45, 7) is 4.37. The number of H-pyrrole nitrogens is 1. The number of thiazole rings is 1. The molecular weight excluding hydrogens is 338 g/mol. The molecule has 0 bridgehead atoms. The van der Waals surface area contributed by atoms with Gasteiger partial charge in [0.15, 0.2) is 5.65 Å². The molecule has 1 amide bonds. The number of hydrogen-bond donors (Lipinski definition) is 1. The average molecular weight is 357 g/mol. The molecule has 7 nitrogen and oxygen atoms in total. The number of hydrogen-bond acceptors (Lipinski definition) is 5. The molecule has 25 heavy (non-hydrogen) atoms. The fourth-order valence-electron chi connectivity index (χ4n) is 3.44. The van der Waals surface area contributed by atoms with Crippen LogP contribution < -0.4 is 5.56 Å². The summed E-state index contributed by atoms with van der Waals surface area (Å²) in [5, 5.41) is 3.14. The second kappa shape index (κ2) is 6.11. The molecule has 1 fully saturated rings. The van der Waals surface area contributed by atoms with Crippen LogP contribution in [0, 0.1) is 13.8 Å². The van der Waals surface area contributed by atoms with Gasteiger partial charge in [0.2, 0.25) is 0 Å². The zero-order valence-electron chi connectivity index (χ0n) is 14.2. The molecule has 1 aliphatic rings. The molecule has 1 atom stereocenters. The van der Waals surface area contributed by atoms with Gasteiger partial charge in [-0.2, -0.15) is 0 Å². The number of aryl methyl sites for hydroxylation is 2. The Kier molecular flexibility index (Phi) is 3.91. The van der Waals surface area contributed by atoms with Crippen LogP contribution in [0.15, 0.2) is 22.4 Å². The monoisotopic (exact) mass is 357 g/mol. The van der Waals surface area contributed by atoms with Crippen molar-refractivity contribution in [1.82, 2.24) is 24.5 Å². The zero-order valence-corrected chi connectivity index (χ0v) is 15.0. The molecule has 3 aromatic rings. The third-order valence-corrected chi connectivity index (χ3v) is 5.58. The molecular formula is C17H19N5O2S. The van der Waals surface area contributed by atoms with Crippen molar-refractivity contribution in [3.05, 3.63) is 50.0 Å². The van der Waals surface area contributed by atoms with Crippen LogP contribution in [-0.2, 0) is 0 Å². The highest BCUT2D eigenvalue weighted by molar-refractivity contribution is 7.11. The standard InChI is InChI=1S/C17H19N5O2S/c1-10-7-15(23)22-14(19-10)8-12(20-22)13-5-3-4-6-21(13)17(24)16-11(2)18-9-25-16/h7-9,13,20H,3-6H2,1-2H3/t13-/m0/s1. The van der Waals surface area contributed by atoms with Crippen molar-refractivity contribution >= 4 is 22.9 Å². The molecule has 0 unspecified atom stereocenters. The number of nitrogens with one attached hydrogen (secondary N) is 1. The highest BCUT2D eigenvalue weighted by Crippen LogP contribution is 2.32. The van der Waals surface area contributed by atoms with Gasteiger partial charge in [-0.25, -0.2) is 14.5 Å². The van der Waals surface area contributed by atoms with Crippen LogP contribution in [0.3, 0.4) is 0 Å². The Morgan fingerprint density at radius 3 is 2.92 bits per heavy atom. The summed E-state index contributed by atoms with van der Waals surface area (Å²) < 4.78 is 1.44. The predicted molar refractivity (Wildman–Crippen MR) is 95.0 cm³/mol. The van der Waals surface area contributed by atoms with Crippen LogP contribution in [0.1, 0.15) is 52.1 Å². The molecule has 0 saturated carbocycles. The van der Waals surface area contributed by atoms with E-state index in [4.69, 9.17) is 0 Å². The number of likely N-dealkylation sites (tertiary alicyclic amines) is 1. The van der Waals surface area contributed by atoms with Crippen molar-refractivity contribution in [2.24, 2.45) is 0 Å². The maximum absolute atomic E-state index is 13.0. The minimum Gasteiger partial charge on any atom is -0.329 e. The van der Waals surface area contributed by atoms with Gasteiger partial charge >= 0.3 is 0 Å². The maximum Gasteiger partial charge on any atom is 0.272 e. The number of carbonyl (C=O) groups is 1. The van der Waals surface area contributed by atoms with Crippen LogP contribution in [0.4, 0.5) is 0 Å². The van der Waals surface area contributed by atoms with Gasteiger partial charge in [-0.05, 0) is 33.1 Å². The van der Waals surface area contributed by atoms with Gasteiger partial charge in [-0.15, -0.1) is 11.3 Å². The third kappa shape index (κ3) is 2.76. The highest BCUT2D eigenvalue weighted by atomic mass is 32.1. The van der Waals surface area contributed by atoms with E-state index < -0.39 is 0 Å². The molecule has 4 rings (SSSR count). The zero-order chi connectivity index (χ0) is 17.6. The lowest BCUT2D eigenvalue weighted by Gasteiger charge is -2.34. The first-order valence-electron chi connectivity index (χ1n) is 8.35. The van der Waals surface area contributed by atoms with Gasteiger partial charge in [-0.1, -0.05) is 0 Å². The van der Waals surface area contributed by atoms with Gasteiger partial charge in [0, 0.05) is 24.4 Å². The Bertz CT molecular complexity index is 1000. The lowest BCUT2D eigenvalue weighted by Crippen LogP contribution is -2.38. The molecule has 4 heterocycles. The van der Waals surface area contributed by atoms with Crippen LogP contribution in [0.2, 0.25) is 0 Å². The summed E-state index contributed by atoms with van der Waals surface area (Å²) in [4.78, 5) is 36.3. The van der Waals surface area contributed by atoms with Crippen molar-refractivity contribution in [2.75, 3.05) is 6.54 Å². The van der Waals surface area contributed by atoms with Crippen LogP contribution in [0.25, 0.3) is 5.65 Å². The molecule has 0 spiro atoms. The first kappa shape index (κ1) is 16.0. The summed E-state index contributed by atoms with van der Waals surface area (Å²) in [7, 11) is 0. The summed E-state index contributed by atoms with van der Waals surface area (Å²) in [6, 6.07) is 3.30. The number of aromatic nitrogens is 4. The summed E-state index contributed by atoms with van der Waals surface area (Å²) in [6.07, 6.45) is 2.90. The number of piperidine rings is 1. The fraction of sp³-hybridized carbons (Fsp3) is 0.412. The largest absolute Gasteiger partial charge is 0.329 e. The van der Waals surface area contributed by atoms with Crippen molar-refractivity contribution in [3.63, 3.8) is 0 Å². The van der Waals surface area contributed by atoms with Crippen molar-refractivity contribution in [2.45, 2.75) is 39.2 Å². The quantitative estimate of drug-likeness (QED) is 0.764. The van der Waals surface area contributed by atoms with Crippen molar-refractivity contribution in [3.8, 4) is 0 Å². The Balaban J connectivity index is 1.74. The van der Waals surface area contributed by atoms with Gasteiger partial charge in [0.1, 0.15) is 4.88 Å². The molecule has 0 aliphatic carbocycles. The van der Waals surface area contributed by atoms with Gasteiger partial charge in [0.25, 0.3) is 11.5 Å². The number of aromatic amines is 1. The minimum atomic E-state index is -0.138. The lowest BCUT2D eigenvalue weighted by atomic mass is 9.99. The Hall–Kier alpha value is -2.48. The molecule has 1 saturated heterocycles. The highest BCUT2D eigenvalue weighted by Gasteiger charge is 2.31. The summed E-state index contributed by atoms with van der Waals surface area (Å²) >= 11 is 1.38. The molecule has 0 radical (unpaired) electrons. The van der Waals surface area contributed by atoms with E-state index in [1.165, 1.54) is 21.9 Å². The van der Waals surface area contributed by atoms with E-state index in [0.29, 0.717) is 22.8 Å². The summed E-state index contributed by atoms with van der Waals surface area (Å²) in [5.74, 6) is 0.0137. The number of rotatable bonds is 2. The van der Waals surface area contributed by atoms with Crippen LogP contribution in [0.5, 0.6) is 0 Å². The second-order valence-electron chi connectivity index (χ2n) is 6.42. The molecule has 1 aliphatic heterocycles. The van der Waals surface area contributed by atoms with E-state index in [9.17, 15) is 9.59 Å². The van der Waals surface area contributed by atoms with E-state index in [-0.39, 0.29) is 17.5 Å². The normalized spacial score (nSPS) is 18.0. The lowest BCUT2D eigenvalue weighted by molar-refractivity contribution is 0.0610. The van der Waals surface area contributed by atoms with Crippen LogP contribution in [-0.4, -0.2) is 36.9 Å². The Morgan fingerprint density at radius 1 is 1.32 bits per heavy atom. The molecule has 0 aromatic carbocycles. The number of amides is 1.